The third-order valence-electron chi connectivity index (χ3n) is 4.09. The zero-order valence-corrected chi connectivity index (χ0v) is 16.7. The summed E-state index contributed by atoms with van der Waals surface area (Å²) in [5.74, 6) is 1.40. The first-order valence-electron chi connectivity index (χ1n) is 9.31. The molecule has 1 rings (SSSR count). The average molecular weight is 379 g/mol. The largest absolute Gasteiger partial charge is 0.490 e. The van der Waals surface area contributed by atoms with Crippen molar-refractivity contribution in [3.63, 3.8) is 0 Å². The fourth-order valence-corrected chi connectivity index (χ4v) is 2.67. The van der Waals surface area contributed by atoms with Gasteiger partial charge in [0.2, 0.25) is 0 Å². The molecule has 27 heavy (non-hydrogen) atoms. The van der Waals surface area contributed by atoms with Gasteiger partial charge in [-0.3, -0.25) is 0 Å². The first kappa shape index (κ1) is 22.5. The molecule has 6 heteroatoms. The molecule has 1 unspecified atom stereocenters. The highest BCUT2D eigenvalue weighted by atomic mass is 16.6. The molecule has 1 aromatic rings. The van der Waals surface area contributed by atoms with Gasteiger partial charge in [0.25, 0.3) is 0 Å². The molecular formula is C21H33NO5. The number of alkyl carbamates (subject to hydrolysis) is 1. The van der Waals surface area contributed by atoms with Crippen molar-refractivity contribution < 1.29 is 25.2 Å². The van der Waals surface area contributed by atoms with Crippen LogP contribution in [0.25, 0.3) is 0 Å². The van der Waals surface area contributed by atoms with Crippen LogP contribution in [0.5, 0.6) is 5.75 Å². The number of ether oxygens (including phenoxy) is 3. The molecule has 0 fully saturated rings. The summed E-state index contributed by atoms with van der Waals surface area (Å²) in [6, 6.07) is 8.05. The summed E-state index contributed by atoms with van der Waals surface area (Å²) < 4.78 is 15.4. The van der Waals surface area contributed by atoms with Crippen LogP contribution >= 0.6 is 0 Å². The van der Waals surface area contributed by atoms with Crippen LogP contribution < -0.4 is 10.1 Å². The predicted octanol–water partition coefficient (Wildman–Crippen LogP) is 4.31. The van der Waals surface area contributed by atoms with Crippen LogP contribution in [0, 0.1) is 5.92 Å². The Morgan fingerprint density at radius 1 is 1.11 bits per heavy atom. The van der Waals surface area contributed by atoms with E-state index in [9.17, 15) is 9.59 Å². The van der Waals surface area contributed by atoms with Gasteiger partial charge in [0.1, 0.15) is 25.6 Å². The normalized spacial score (nSPS) is 11.6. The minimum Gasteiger partial charge on any atom is -0.490 e. The molecule has 0 bridgehead atoms. The van der Waals surface area contributed by atoms with Crippen molar-refractivity contribution in [2.75, 3.05) is 26.4 Å². The summed E-state index contributed by atoms with van der Waals surface area (Å²) in [4.78, 5) is 22.7. The Hall–Kier alpha value is -2.50. The highest BCUT2D eigenvalue weighted by Crippen LogP contribution is 2.28. The Morgan fingerprint density at radius 2 is 1.78 bits per heavy atom. The zero-order valence-electron chi connectivity index (χ0n) is 16.7. The van der Waals surface area contributed by atoms with Gasteiger partial charge in [0, 0.05) is 7.00 Å². The molecule has 0 saturated heterocycles. The van der Waals surface area contributed by atoms with E-state index >= 15 is 0 Å². The van der Waals surface area contributed by atoms with Crippen molar-refractivity contribution in [2.24, 2.45) is 5.92 Å². The van der Waals surface area contributed by atoms with Crippen LogP contribution in [0.4, 0.5) is 4.79 Å². The molecule has 1 N–H and O–H groups in total. The lowest BCUT2D eigenvalue weighted by Gasteiger charge is -2.19. The minimum absolute atomic E-state index is 0. The van der Waals surface area contributed by atoms with E-state index in [1.807, 2.05) is 12.1 Å². The highest BCUT2D eigenvalue weighted by Gasteiger charge is 2.13. The average Bonchev–Trinajstić information content (AvgIpc) is 2.63. The SMILES string of the molecule is C=C(C)C(=O)OCCNC(=O)OCCOc1ccc(C(CC)C(C)C)cc1.[HH]. The summed E-state index contributed by atoms with van der Waals surface area (Å²) in [5.41, 5.74) is 1.63. The predicted molar refractivity (Wildman–Crippen MR) is 107 cm³/mol. The number of rotatable bonds is 11. The number of esters is 1. The van der Waals surface area contributed by atoms with E-state index in [-0.39, 0.29) is 27.8 Å². The molecule has 0 aliphatic heterocycles. The first-order chi connectivity index (χ1) is 12.8. The Bertz CT molecular complexity index is 616. The van der Waals surface area contributed by atoms with Crippen molar-refractivity contribution in [3.8, 4) is 5.75 Å². The summed E-state index contributed by atoms with van der Waals surface area (Å²) in [6.07, 6.45) is 0.524. The summed E-state index contributed by atoms with van der Waals surface area (Å²) >= 11 is 0. The maximum Gasteiger partial charge on any atom is 0.407 e. The van der Waals surface area contributed by atoms with E-state index in [2.05, 4.69) is 44.8 Å². The molecule has 0 saturated carbocycles. The Balaban J connectivity index is 0.00000729. The van der Waals surface area contributed by atoms with E-state index in [0.717, 1.165) is 12.2 Å². The molecule has 1 atom stereocenters. The number of carbonyl (C=O) groups is 2. The molecule has 0 heterocycles. The molecule has 152 valence electrons. The number of benzene rings is 1. The van der Waals surface area contributed by atoms with Crippen LogP contribution in [-0.2, 0) is 14.3 Å². The zero-order chi connectivity index (χ0) is 20.2. The topological polar surface area (TPSA) is 73.9 Å². The highest BCUT2D eigenvalue weighted by molar-refractivity contribution is 5.86. The van der Waals surface area contributed by atoms with Crippen molar-refractivity contribution in [1.29, 1.82) is 0 Å². The third-order valence-corrected chi connectivity index (χ3v) is 4.09. The van der Waals surface area contributed by atoms with E-state index in [1.54, 1.807) is 6.92 Å². The quantitative estimate of drug-likeness (QED) is 0.352. The van der Waals surface area contributed by atoms with Gasteiger partial charge in [-0.2, -0.15) is 0 Å². The maximum atomic E-state index is 11.5. The van der Waals surface area contributed by atoms with Crippen LogP contribution in [0.3, 0.4) is 0 Å². The fraction of sp³-hybridized carbons (Fsp3) is 0.524. The molecule has 1 aromatic carbocycles. The van der Waals surface area contributed by atoms with E-state index < -0.39 is 12.1 Å². The van der Waals surface area contributed by atoms with Gasteiger partial charge in [-0.15, -0.1) is 0 Å². The molecule has 0 aliphatic carbocycles. The lowest BCUT2D eigenvalue weighted by molar-refractivity contribution is -0.138. The van der Waals surface area contributed by atoms with Crippen LogP contribution in [0.1, 0.15) is 47.0 Å². The second-order valence-electron chi connectivity index (χ2n) is 6.66. The van der Waals surface area contributed by atoms with Crippen molar-refractivity contribution in [2.45, 2.75) is 40.0 Å². The fourth-order valence-electron chi connectivity index (χ4n) is 2.67. The van der Waals surface area contributed by atoms with E-state index in [1.165, 1.54) is 5.56 Å². The van der Waals surface area contributed by atoms with Gasteiger partial charge in [0.15, 0.2) is 0 Å². The third kappa shape index (κ3) is 8.62. The van der Waals surface area contributed by atoms with Crippen LogP contribution in [0.2, 0.25) is 0 Å². The lowest BCUT2D eigenvalue weighted by atomic mass is 9.86. The molecule has 0 aliphatic rings. The Labute approximate surface area is 163 Å². The van der Waals surface area contributed by atoms with Crippen molar-refractivity contribution in [3.05, 3.63) is 42.0 Å². The van der Waals surface area contributed by atoms with Gasteiger partial charge in [-0.1, -0.05) is 39.5 Å². The summed E-state index contributed by atoms with van der Waals surface area (Å²) in [5, 5.41) is 2.49. The molecule has 0 spiro atoms. The number of hydrogen-bond acceptors (Lipinski definition) is 5. The van der Waals surface area contributed by atoms with E-state index in [4.69, 9.17) is 14.2 Å². The molecule has 6 nitrogen and oxygen atoms in total. The van der Waals surface area contributed by atoms with Gasteiger partial charge in [-0.05, 0) is 42.9 Å². The number of amides is 1. The van der Waals surface area contributed by atoms with E-state index in [0.29, 0.717) is 17.4 Å². The minimum atomic E-state index is -0.581. The van der Waals surface area contributed by atoms with Gasteiger partial charge in [-0.25, -0.2) is 9.59 Å². The second kappa shape index (κ2) is 12.0. The van der Waals surface area contributed by atoms with Gasteiger partial charge < -0.3 is 19.5 Å². The Morgan fingerprint density at radius 3 is 2.33 bits per heavy atom. The molecule has 0 aromatic heterocycles. The van der Waals surface area contributed by atoms with Crippen molar-refractivity contribution in [1.82, 2.24) is 5.32 Å². The van der Waals surface area contributed by atoms with Crippen LogP contribution in [0.15, 0.2) is 36.4 Å². The standard InChI is InChI=1S/C21H31NO5.H2/c1-6-19(15(2)3)17-7-9-18(10-8-17)25-13-14-27-21(24)22-11-12-26-20(23)16(4)5;/h7-10,15,19H,4,6,11-14H2,1-3,5H3,(H,22,24);1H. The lowest BCUT2D eigenvalue weighted by Crippen LogP contribution is -2.29. The van der Waals surface area contributed by atoms with Gasteiger partial charge in [0.05, 0.1) is 6.54 Å². The number of hydrogen-bond donors (Lipinski definition) is 1. The molecular weight excluding hydrogens is 346 g/mol. The second-order valence-corrected chi connectivity index (χ2v) is 6.66. The number of nitrogens with one attached hydrogen (secondary N) is 1. The van der Waals surface area contributed by atoms with Gasteiger partial charge >= 0.3 is 12.1 Å². The first-order valence-corrected chi connectivity index (χ1v) is 9.31. The monoisotopic (exact) mass is 379 g/mol. The van der Waals surface area contributed by atoms with Crippen LogP contribution in [-0.4, -0.2) is 38.4 Å². The van der Waals surface area contributed by atoms with Crippen molar-refractivity contribution >= 4 is 12.1 Å². The summed E-state index contributed by atoms with van der Waals surface area (Å²) in [6.45, 7) is 12.3. The smallest absolute Gasteiger partial charge is 0.407 e. The number of carbonyl (C=O) groups excluding carboxylic acids is 2. The molecule has 1 amide bonds. The Kier molecular flexibility index (Phi) is 10.0. The maximum absolute atomic E-state index is 11.5. The molecule has 0 radical (unpaired) electrons. The summed E-state index contributed by atoms with van der Waals surface area (Å²) in [7, 11) is 0.